The fourth-order valence-electron chi connectivity index (χ4n) is 2.66. The first-order valence-electron chi connectivity index (χ1n) is 7.57. The van der Waals surface area contributed by atoms with E-state index in [9.17, 15) is 0 Å². The molecule has 1 aromatic rings. The Hall–Kier alpha value is -1.63. The van der Waals surface area contributed by atoms with Crippen molar-refractivity contribution in [3.8, 4) is 0 Å². The van der Waals surface area contributed by atoms with E-state index in [2.05, 4.69) is 42.3 Å². The highest BCUT2D eigenvalue weighted by Gasteiger charge is 2.20. The molecule has 2 aliphatic heterocycles. The second-order valence-corrected chi connectivity index (χ2v) is 5.22. The predicted molar refractivity (Wildman–Crippen MR) is 80.5 cm³/mol. The monoisotopic (exact) mass is 277 g/mol. The van der Waals surface area contributed by atoms with Gasteiger partial charge >= 0.3 is 0 Å². The molecule has 0 saturated carbocycles. The van der Waals surface area contributed by atoms with Crippen LogP contribution in [0.2, 0.25) is 0 Å². The molecule has 0 unspecified atom stereocenters. The van der Waals surface area contributed by atoms with Crippen LogP contribution in [0.1, 0.15) is 19.8 Å². The standard InChI is InChI=1S/C13H23N7/c1-2-15-11-16-12(19-7-3-4-8-19)18-13(17-11)20-9-5-14-6-10-20/h14H,2-10H2,1H3,(H,15,16,17,18). The van der Waals surface area contributed by atoms with Crippen LogP contribution in [0.5, 0.6) is 0 Å². The molecular weight excluding hydrogens is 254 g/mol. The van der Waals surface area contributed by atoms with Crippen LogP contribution >= 0.6 is 0 Å². The van der Waals surface area contributed by atoms with E-state index >= 15 is 0 Å². The first-order valence-corrected chi connectivity index (χ1v) is 7.57. The first kappa shape index (κ1) is 13.4. The molecule has 2 aliphatic rings. The molecule has 0 aliphatic carbocycles. The molecule has 1 aromatic heterocycles. The minimum atomic E-state index is 0.693. The molecule has 7 nitrogen and oxygen atoms in total. The van der Waals surface area contributed by atoms with Gasteiger partial charge in [-0.3, -0.25) is 0 Å². The van der Waals surface area contributed by atoms with Crippen molar-refractivity contribution in [2.24, 2.45) is 0 Å². The van der Waals surface area contributed by atoms with Crippen molar-refractivity contribution in [2.45, 2.75) is 19.8 Å². The van der Waals surface area contributed by atoms with Crippen molar-refractivity contribution in [2.75, 3.05) is 60.9 Å². The Labute approximate surface area is 119 Å². The third-order valence-corrected chi connectivity index (χ3v) is 3.74. The Morgan fingerprint density at radius 1 is 0.950 bits per heavy atom. The molecule has 0 radical (unpaired) electrons. The van der Waals surface area contributed by atoms with Crippen molar-refractivity contribution in [1.82, 2.24) is 20.3 Å². The number of rotatable bonds is 4. The average molecular weight is 277 g/mol. The normalized spacial score (nSPS) is 19.4. The van der Waals surface area contributed by atoms with Gasteiger partial charge in [-0.05, 0) is 19.8 Å². The van der Waals surface area contributed by atoms with Crippen LogP contribution in [0.4, 0.5) is 17.8 Å². The summed E-state index contributed by atoms with van der Waals surface area (Å²) in [5.74, 6) is 2.32. The Morgan fingerprint density at radius 3 is 2.15 bits per heavy atom. The van der Waals surface area contributed by atoms with Crippen LogP contribution in [0, 0.1) is 0 Å². The number of piperazine rings is 1. The summed E-state index contributed by atoms with van der Waals surface area (Å²) in [7, 11) is 0. The molecule has 0 amide bonds. The van der Waals surface area contributed by atoms with Gasteiger partial charge in [-0.15, -0.1) is 0 Å². The maximum atomic E-state index is 4.68. The van der Waals surface area contributed by atoms with E-state index in [4.69, 9.17) is 0 Å². The van der Waals surface area contributed by atoms with E-state index in [0.29, 0.717) is 5.95 Å². The van der Waals surface area contributed by atoms with Gasteiger partial charge in [0.2, 0.25) is 17.8 Å². The molecule has 20 heavy (non-hydrogen) atoms. The molecule has 2 N–H and O–H groups in total. The minimum Gasteiger partial charge on any atom is -0.354 e. The molecule has 0 spiro atoms. The van der Waals surface area contributed by atoms with Crippen LogP contribution in [0.15, 0.2) is 0 Å². The van der Waals surface area contributed by atoms with Gasteiger partial charge in [0.25, 0.3) is 0 Å². The molecule has 3 heterocycles. The molecule has 7 heteroatoms. The smallest absolute Gasteiger partial charge is 0.232 e. The summed E-state index contributed by atoms with van der Waals surface area (Å²) >= 11 is 0. The summed E-state index contributed by atoms with van der Waals surface area (Å²) in [5.41, 5.74) is 0. The molecule has 0 atom stereocenters. The Bertz CT molecular complexity index is 438. The second-order valence-electron chi connectivity index (χ2n) is 5.22. The summed E-state index contributed by atoms with van der Waals surface area (Å²) in [5, 5.41) is 6.57. The van der Waals surface area contributed by atoms with Gasteiger partial charge in [-0.25, -0.2) is 0 Å². The summed E-state index contributed by atoms with van der Waals surface area (Å²) < 4.78 is 0. The lowest BCUT2D eigenvalue weighted by Crippen LogP contribution is -2.44. The van der Waals surface area contributed by atoms with Crippen molar-refractivity contribution in [1.29, 1.82) is 0 Å². The lowest BCUT2D eigenvalue weighted by Gasteiger charge is -2.28. The Morgan fingerprint density at radius 2 is 1.55 bits per heavy atom. The van der Waals surface area contributed by atoms with E-state index < -0.39 is 0 Å². The summed E-state index contributed by atoms with van der Waals surface area (Å²) in [4.78, 5) is 18.3. The largest absolute Gasteiger partial charge is 0.354 e. The van der Waals surface area contributed by atoms with Gasteiger partial charge in [0.1, 0.15) is 0 Å². The number of anilines is 3. The van der Waals surface area contributed by atoms with Gasteiger partial charge < -0.3 is 20.4 Å². The lowest BCUT2D eigenvalue weighted by molar-refractivity contribution is 0.579. The molecule has 0 aromatic carbocycles. The Balaban J connectivity index is 1.86. The van der Waals surface area contributed by atoms with Gasteiger partial charge in [0, 0.05) is 45.8 Å². The van der Waals surface area contributed by atoms with E-state index in [-0.39, 0.29) is 0 Å². The van der Waals surface area contributed by atoms with Crippen LogP contribution in [0.25, 0.3) is 0 Å². The number of hydrogen-bond donors (Lipinski definition) is 2. The van der Waals surface area contributed by atoms with Gasteiger partial charge in [-0.2, -0.15) is 15.0 Å². The van der Waals surface area contributed by atoms with E-state index in [1.807, 2.05) is 0 Å². The van der Waals surface area contributed by atoms with Crippen LogP contribution < -0.4 is 20.4 Å². The molecule has 2 fully saturated rings. The minimum absolute atomic E-state index is 0.693. The summed E-state index contributed by atoms with van der Waals surface area (Å²) in [6.45, 7) is 8.87. The van der Waals surface area contributed by atoms with E-state index in [1.165, 1.54) is 12.8 Å². The SMILES string of the molecule is CCNc1nc(N2CCCC2)nc(N2CCNCC2)n1. The van der Waals surface area contributed by atoms with Crippen LogP contribution in [-0.4, -0.2) is 60.8 Å². The molecule has 110 valence electrons. The Kier molecular flexibility index (Phi) is 4.15. The summed E-state index contributed by atoms with van der Waals surface area (Å²) in [6.07, 6.45) is 2.45. The van der Waals surface area contributed by atoms with Gasteiger partial charge in [-0.1, -0.05) is 0 Å². The van der Waals surface area contributed by atoms with Crippen molar-refractivity contribution in [3.63, 3.8) is 0 Å². The highest BCUT2D eigenvalue weighted by molar-refractivity contribution is 5.46. The topological polar surface area (TPSA) is 69.2 Å². The zero-order chi connectivity index (χ0) is 13.8. The van der Waals surface area contributed by atoms with Gasteiger partial charge in [0.15, 0.2) is 0 Å². The summed E-state index contributed by atoms with van der Waals surface area (Å²) in [6, 6.07) is 0. The zero-order valence-electron chi connectivity index (χ0n) is 12.1. The number of aromatic nitrogens is 3. The van der Waals surface area contributed by atoms with Crippen molar-refractivity contribution >= 4 is 17.8 Å². The second kappa shape index (κ2) is 6.21. The third kappa shape index (κ3) is 2.92. The van der Waals surface area contributed by atoms with Crippen LogP contribution in [-0.2, 0) is 0 Å². The predicted octanol–water partition coefficient (Wildman–Crippen LogP) is 0.313. The molecule has 0 bridgehead atoms. The highest BCUT2D eigenvalue weighted by atomic mass is 15.4. The molecule has 2 saturated heterocycles. The third-order valence-electron chi connectivity index (χ3n) is 3.74. The fraction of sp³-hybridized carbons (Fsp3) is 0.769. The average Bonchev–Trinajstić information content (AvgIpc) is 3.02. The van der Waals surface area contributed by atoms with E-state index in [1.54, 1.807) is 0 Å². The van der Waals surface area contributed by atoms with Crippen LogP contribution in [0.3, 0.4) is 0 Å². The fourth-order valence-corrected chi connectivity index (χ4v) is 2.66. The number of hydrogen-bond acceptors (Lipinski definition) is 7. The van der Waals surface area contributed by atoms with E-state index in [0.717, 1.165) is 57.7 Å². The number of nitrogens with one attached hydrogen (secondary N) is 2. The first-order chi connectivity index (χ1) is 9.86. The molecule has 3 rings (SSSR count). The maximum Gasteiger partial charge on any atom is 0.232 e. The number of nitrogens with zero attached hydrogens (tertiary/aromatic N) is 5. The zero-order valence-corrected chi connectivity index (χ0v) is 12.1. The quantitative estimate of drug-likeness (QED) is 0.821. The van der Waals surface area contributed by atoms with Crippen molar-refractivity contribution in [3.05, 3.63) is 0 Å². The lowest BCUT2D eigenvalue weighted by atomic mass is 10.4. The highest BCUT2D eigenvalue weighted by Crippen LogP contribution is 2.20. The molecular formula is C13H23N7. The van der Waals surface area contributed by atoms with Crippen molar-refractivity contribution < 1.29 is 0 Å². The maximum absolute atomic E-state index is 4.68. The van der Waals surface area contributed by atoms with Gasteiger partial charge in [0.05, 0.1) is 0 Å².